The van der Waals surface area contributed by atoms with Crippen molar-refractivity contribution in [2.45, 2.75) is 58.3 Å². The molecule has 0 amide bonds. The van der Waals surface area contributed by atoms with Crippen LogP contribution in [0.2, 0.25) is 0 Å². The van der Waals surface area contributed by atoms with Crippen LogP contribution in [0.5, 0.6) is 0 Å². The molecule has 0 radical (unpaired) electrons. The van der Waals surface area contributed by atoms with Crippen molar-refractivity contribution >= 4 is 0 Å². The van der Waals surface area contributed by atoms with Gasteiger partial charge in [0.1, 0.15) is 0 Å². The van der Waals surface area contributed by atoms with Gasteiger partial charge < -0.3 is 5.32 Å². The Morgan fingerprint density at radius 2 is 1.93 bits per heavy atom. The maximum Gasteiger partial charge on any atom is -0.00209 e. The third-order valence-corrected chi connectivity index (χ3v) is 3.71. The van der Waals surface area contributed by atoms with Gasteiger partial charge in [-0.2, -0.15) is 0 Å². The molecule has 1 aliphatic carbocycles. The monoisotopic (exact) mass is 197 g/mol. The van der Waals surface area contributed by atoms with E-state index in [9.17, 15) is 0 Å². The van der Waals surface area contributed by atoms with E-state index in [0.29, 0.717) is 0 Å². The molecule has 0 saturated heterocycles. The molecule has 0 bridgehead atoms. The molecule has 1 N–H and O–H groups in total. The van der Waals surface area contributed by atoms with Gasteiger partial charge >= 0.3 is 0 Å². The van der Waals surface area contributed by atoms with Crippen molar-refractivity contribution in [2.24, 2.45) is 11.8 Å². The minimum atomic E-state index is 0.967. The molecule has 0 heterocycles. The lowest BCUT2D eigenvalue weighted by molar-refractivity contribution is 0.302. The van der Waals surface area contributed by atoms with Crippen LogP contribution in [0.4, 0.5) is 0 Å². The summed E-state index contributed by atoms with van der Waals surface area (Å²) in [6, 6.07) is 0. The van der Waals surface area contributed by atoms with Crippen LogP contribution in [0, 0.1) is 11.8 Å². The zero-order chi connectivity index (χ0) is 10.2. The molecule has 1 heteroatoms. The molecule has 0 spiro atoms. The molecular weight excluding hydrogens is 170 g/mol. The molecule has 14 heavy (non-hydrogen) atoms. The fourth-order valence-corrected chi connectivity index (χ4v) is 2.85. The van der Waals surface area contributed by atoms with Gasteiger partial charge in [-0.3, -0.25) is 0 Å². The molecule has 84 valence electrons. The summed E-state index contributed by atoms with van der Waals surface area (Å²) in [5.41, 5.74) is 0. The fraction of sp³-hybridized carbons (Fsp3) is 1.00. The van der Waals surface area contributed by atoms with E-state index in [0.717, 1.165) is 11.8 Å². The Morgan fingerprint density at radius 1 is 1.21 bits per heavy atom. The van der Waals surface area contributed by atoms with E-state index < -0.39 is 0 Å². The summed E-state index contributed by atoms with van der Waals surface area (Å²) in [7, 11) is 2.10. The smallest absolute Gasteiger partial charge is 0.00209 e. The summed E-state index contributed by atoms with van der Waals surface area (Å²) in [6.07, 6.45) is 11.6. The van der Waals surface area contributed by atoms with Gasteiger partial charge in [0, 0.05) is 0 Å². The first-order chi connectivity index (χ1) is 6.88. The van der Waals surface area contributed by atoms with Gasteiger partial charge in [0.25, 0.3) is 0 Å². The predicted octanol–water partition coefficient (Wildman–Crippen LogP) is 3.59. The molecule has 1 fully saturated rings. The van der Waals surface area contributed by atoms with Crippen LogP contribution in [0.1, 0.15) is 58.3 Å². The number of rotatable bonds is 7. The summed E-state index contributed by atoms with van der Waals surface area (Å²) in [5.74, 6) is 2.01. The molecule has 0 aromatic heterocycles. The van der Waals surface area contributed by atoms with Crippen LogP contribution in [0.3, 0.4) is 0 Å². The topological polar surface area (TPSA) is 12.0 Å². The minimum Gasteiger partial charge on any atom is -0.319 e. The lowest BCUT2D eigenvalue weighted by Crippen LogP contribution is -2.24. The first kappa shape index (κ1) is 12.0. The molecule has 0 aliphatic heterocycles. The Kier molecular flexibility index (Phi) is 6.25. The highest BCUT2D eigenvalue weighted by Gasteiger charge is 2.23. The van der Waals surface area contributed by atoms with Gasteiger partial charge in [-0.1, -0.05) is 51.9 Å². The second-order valence-corrected chi connectivity index (χ2v) is 4.86. The van der Waals surface area contributed by atoms with Crippen molar-refractivity contribution < 1.29 is 0 Å². The van der Waals surface area contributed by atoms with E-state index in [4.69, 9.17) is 0 Å². The maximum absolute atomic E-state index is 3.37. The first-order valence-corrected chi connectivity index (χ1v) is 6.53. The lowest BCUT2D eigenvalue weighted by Gasteiger charge is -2.23. The number of hydrogen-bond acceptors (Lipinski definition) is 1. The van der Waals surface area contributed by atoms with E-state index in [-0.39, 0.29) is 0 Å². The fourth-order valence-electron chi connectivity index (χ4n) is 2.85. The second kappa shape index (κ2) is 7.28. The van der Waals surface area contributed by atoms with Crippen molar-refractivity contribution in [1.82, 2.24) is 5.32 Å². The van der Waals surface area contributed by atoms with E-state index in [2.05, 4.69) is 19.3 Å². The Labute approximate surface area is 89.7 Å². The van der Waals surface area contributed by atoms with Gasteiger partial charge in [-0.25, -0.2) is 0 Å². The van der Waals surface area contributed by atoms with E-state index in [1.54, 1.807) is 0 Å². The maximum atomic E-state index is 3.37. The third-order valence-electron chi connectivity index (χ3n) is 3.71. The Bertz CT molecular complexity index is 127. The predicted molar refractivity (Wildman–Crippen MR) is 63.5 cm³/mol. The first-order valence-electron chi connectivity index (χ1n) is 6.53. The molecule has 1 nitrogen and oxygen atoms in total. The van der Waals surface area contributed by atoms with Crippen LogP contribution >= 0.6 is 0 Å². The number of nitrogens with one attached hydrogen (secondary N) is 1. The highest BCUT2D eigenvalue weighted by Crippen LogP contribution is 2.33. The molecule has 1 aliphatic rings. The van der Waals surface area contributed by atoms with Crippen LogP contribution in [-0.2, 0) is 0 Å². The highest BCUT2D eigenvalue weighted by molar-refractivity contribution is 4.76. The van der Waals surface area contributed by atoms with Gasteiger partial charge in [0.15, 0.2) is 0 Å². The average molecular weight is 197 g/mol. The van der Waals surface area contributed by atoms with E-state index in [1.165, 1.54) is 57.9 Å². The van der Waals surface area contributed by atoms with Gasteiger partial charge in [-0.05, 0) is 31.8 Å². The van der Waals surface area contributed by atoms with Gasteiger partial charge in [0.2, 0.25) is 0 Å². The minimum absolute atomic E-state index is 0.967. The normalized spacial score (nSPS) is 20.1. The lowest BCUT2D eigenvalue weighted by atomic mass is 9.86. The zero-order valence-electron chi connectivity index (χ0n) is 10.0. The number of unbranched alkanes of at least 4 members (excludes halogenated alkanes) is 2. The molecular formula is C13H27N. The SMILES string of the molecule is CCCCCC(CNC)C1CCCC1. The summed E-state index contributed by atoms with van der Waals surface area (Å²) in [5, 5.41) is 3.37. The van der Waals surface area contributed by atoms with E-state index in [1.807, 2.05) is 0 Å². The van der Waals surface area contributed by atoms with Crippen LogP contribution in [-0.4, -0.2) is 13.6 Å². The van der Waals surface area contributed by atoms with Crippen molar-refractivity contribution in [3.05, 3.63) is 0 Å². The number of hydrogen-bond donors (Lipinski definition) is 1. The standard InChI is InChI=1S/C13H27N/c1-3-4-5-10-13(11-14-2)12-8-6-7-9-12/h12-14H,3-11H2,1-2H3. The Morgan fingerprint density at radius 3 is 2.50 bits per heavy atom. The van der Waals surface area contributed by atoms with Crippen molar-refractivity contribution in [3.63, 3.8) is 0 Å². The molecule has 1 atom stereocenters. The van der Waals surface area contributed by atoms with Crippen molar-refractivity contribution in [3.8, 4) is 0 Å². The summed E-state index contributed by atoms with van der Waals surface area (Å²) in [6.45, 7) is 3.54. The van der Waals surface area contributed by atoms with Crippen LogP contribution in [0.25, 0.3) is 0 Å². The molecule has 1 saturated carbocycles. The Balaban J connectivity index is 2.22. The third kappa shape index (κ3) is 4.00. The Hall–Kier alpha value is -0.0400. The van der Waals surface area contributed by atoms with Crippen LogP contribution < -0.4 is 5.32 Å². The van der Waals surface area contributed by atoms with E-state index >= 15 is 0 Å². The average Bonchev–Trinajstić information content (AvgIpc) is 2.70. The van der Waals surface area contributed by atoms with Crippen LogP contribution in [0.15, 0.2) is 0 Å². The van der Waals surface area contributed by atoms with Gasteiger partial charge in [0.05, 0.1) is 0 Å². The molecule has 1 unspecified atom stereocenters. The largest absolute Gasteiger partial charge is 0.319 e. The summed E-state index contributed by atoms with van der Waals surface area (Å²) >= 11 is 0. The van der Waals surface area contributed by atoms with Crippen molar-refractivity contribution in [2.75, 3.05) is 13.6 Å². The molecule has 1 rings (SSSR count). The zero-order valence-corrected chi connectivity index (χ0v) is 10.0. The highest BCUT2D eigenvalue weighted by atomic mass is 14.8. The summed E-state index contributed by atoms with van der Waals surface area (Å²) in [4.78, 5) is 0. The molecule has 0 aromatic carbocycles. The van der Waals surface area contributed by atoms with Crippen molar-refractivity contribution in [1.29, 1.82) is 0 Å². The molecule has 0 aromatic rings. The second-order valence-electron chi connectivity index (χ2n) is 4.86. The quantitative estimate of drug-likeness (QED) is 0.615. The van der Waals surface area contributed by atoms with Gasteiger partial charge in [-0.15, -0.1) is 0 Å². The summed E-state index contributed by atoms with van der Waals surface area (Å²) < 4.78 is 0.